The summed E-state index contributed by atoms with van der Waals surface area (Å²) in [7, 11) is 0. The molecular weight excluding hydrogens is 448 g/mol. The van der Waals surface area contributed by atoms with Crippen molar-refractivity contribution in [3.8, 4) is 0 Å². The highest BCUT2D eigenvalue weighted by molar-refractivity contribution is 5.91. The van der Waals surface area contributed by atoms with Crippen LogP contribution in [0.2, 0.25) is 0 Å². The average Bonchev–Trinajstić information content (AvgIpc) is 2.88. The van der Waals surface area contributed by atoms with E-state index in [-0.39, 0.29) is 12.2 Å². The Bertz CT molecular complexity index is 482. The van der Waals surface area contributed by atoms with Crippen LogP contribution in [0.3, 0.4) is 0 Å². The molecule has 0 saturated carbocycles. The minimum Gasteiger partial charge on any atom is -0.459 e. The maximum atomic E-state index is 12.2. The van der Waals surface area contributed by atoms with Gasteiger partial charge in [-0.3, -0.25) is 0 Å². The molecule has 0 spiro atoms. The van der Waals surface area contributed by atoms with Gasteiger partial charge in [-0.05, 0) is 38.5 Å². The Kier molecular flexibility index (Phi) is 25.8. The number of carbonyl (C=O) groups is 2. The molecule has 0 heterocycles. The Morgan fingerprint density at radius 2 is 0.750 bits per heavy atom. The van der Waals surface area contributed by atoms with Crippen LogP contribution in [0.1, 0.15) is 169 Å². The summed E-state index contributed by atoms with van der Waals surface area (Å²) >= 11 is 0. The molecule has 0 aliphatic heterocycles. The zero-order valence-corrected chi connectivity index (χ0v) is 24.5. The van der Waals surface area contributed by atoms with Crippen LogP contribution in [-0.2, 0) is 19.1 Å². The van der Waals surface area contributed by atoms with E-state index in [1.54, 1.807) is 0 Å². The van der Waals surface area contributed by atoms with E-state index in [1.807, 2.05) is 13.8 Å². The molecule has 4 heteroatoms. The van der Waals surface area contributed by atoms with Gasteiger partial charge in [-0.1, -0.05) is 130 Å². The lowest BCUT2D eigenvalue weighted by atomic mass is 10.0. The summed E-state index contributed by atoms with van der Waals surface area (Å²) in [6, 6.07) is 0. The zero-order valence-electron chi connectivity index (χ0n) is 24.5. The van der Waals surface area contributed by atoms with Crippen molar-refractivity contribution in [2.45, 2.75) is 181 Å². The Morgan fingerprint density at radius 3 is 1.03 bits per heavy atom. The number of hydrogen-bond donors (Lipinski definition) is 0. The largest absolute Gasteiger partial charge is 0.459 e. The lowest BCUT2D eigenvalue weighted by molar-refractivity contribution is -0.146. The summed E-state index contributed by atoms with van der Waals surface area (Å²) in [6.45, 7) is 8.59. The second-order valence-electron chi connectivity index (χ2n) is 10.5. The third-order valence-electron chi connectivity index (χ3n) is 7.09. The van der Waals surface area contributed by atoms with Crippen LogP contribution < -0.4 is 0 Å². The Morgan fingerprint density at radius 1 is 0.472 bits per heavy atom. The van der Waals surface area contributed by atoms with E-state index >= 15 is 0 Å². The second kappa shape index (κ2) is 26.7. The zero-order chi connectivity index (χ0) is 26.7. The van der Waals surface area contributed by atoms with E-state index in [0.29, 0.717) is 0 Å². The lowest BCUT2D eigenvalue weighted by Crippen LogP contribution is -2.18. The molecule has 0 rings (SSSR count). The van der Waals surface area contributed by atoms with E-state index in [1.165, 1.54) is 115 Å². The van der Waals surface area contributed by atoms with Crippen LogP contribution >= 0.6 is 0 Å². The van der Waals surface area contributed by atoms with Crippen LogP contribution in [0, 0.1) is 0 Å². The summed E-state index contributed by atoms with van der Waals surface area (Å²) in [4.78, 5) is 24.3. The molecule has 36 heavy (non-hydrogen) atoms. The highest BCUT2D eigenvalue weighted by Gasteiger charge is 2.13. The summed E-state index contributed by atoms with van der Waals surface area (Å²) in [5.74, 6) is -0.886. The van der Waals surface area contributed by atoms with Crippen LogP contribution in [0.15, 0.2) is 12.2 Å². The fourth-order valence-electron chi connectivity index (χ4n) is 4.60. The summed E-state index contributed by atoms with van der Waals surface area (Å²) in [5.41, 5.74) is 0. The first-order valence-electron chi connectivity index (χ1n) is 15.7. The molecule has 0 aromatic rings. The van der Waals surface area contributed by atoms with Gasteiger partial charge < -0.3 is 9.47 Å². The van der Waals surface area contributed by atoms with Crippen molar-refractivity contribution >= 4 is 11.9 Å². The van der Waals surface area contributed by atoms with Gasteiger partial charge in [0, 0.05) is 12.2 Å². The molecule has 0 aromatic heterocycles. The first-order chi connectivity index (χ1) is 17.6. The average molecular weight is 509 g/mol. The number of unbranched alkanes of at least 4 members (excludes halogenated alkanes) is 16. The smallest absolute Gasteiger partial charge is 0.331 e. The predicted octanol–water partition coefficient (Wildman–Crippen LogP) is 10.0. The van der Waals surface area contributed by atoms with E-state index < -0.39 is 11.9 Å². The van der Waals surface area contributed by atoms with Gasteiger partial charge in [0.05, 0.1) is 0 Å². The van der Waals surface area contributed by atoms with Gasteiger partial charge in [0.25, 0.3) is 0 Å². The molecule has 0 N–H and O–H groups in total. The van der Waals surface area contributed by atoms with Crippen LogP contribution in [0.5, 0.6) is 0 Å². The third-order valence-corrected chi connectivity index (χ3v) is 7.09. The number of hydrogen-bond acceptors (Lipinski definition) is 4. The van der Waals surface area contributed by atoms with Crippen molar-refractivity contribution in [3.63, 3.8) is 0 Å². The topological polar surface area (TPSA) is 52.6 Å². The van der Waals surface area contributed by atoms with Gasteiger partial charge >= 0.3 is 11.9 Å². The van der Waals surface area contributed by atoms with E-state index in [4.69, 9.17) is 9.47 Å². The lowest BCUT2D eigenvalue weighted by Gasteiger charge is -2.16. The second-order valence-corrected chi connectivity index (χ2v) is 10.5. The quantitative estimate of drug-likeness (QED) is 0.0662. The van der Waals surface area contributed by atoms with Crippen molar-refractivity contribution in [1.29, 1.82) is 0 Å². The van der Waals surface area contributed by atoms with Gasteiger partial charge in [-0.15, -0.1) is 0 Å². The van der Waals surface area contributed by atoms with Gasteiger partial charge in [0.15, 0.2) is 0 Å². The molecule has 2 atom stereocenters. The van der Waals surface area contributed by atoms with Crippen molar-refractivity contribution in [2.75, 3.05) is 0 Å². The predicted molar refractivity (Wildman–Crippen MR) is 153 cm³/mol. The molecular formula is C32H60O4. The Labute approximate surface area is 224 Å². The minimum atomic E-state index is -0.443. The summed E-state index contributed by atoms with van der Waals surface area (Å²) in [5, 5.41) is 0. The maximum Gasteiger partial charge on any atom is 0.331 e. The third kappa shape index (κ3) is 23.1. The van der Waals surface area contributed by atoms with Crippen molar-refractivity contribution in [3.05, 3.63) is 12.2 Å². The van der Waals surface area contributed by atoms with Gasteiger partial charge in [-0.25, -0.2) is 9.59 Å². The molecule has 0 radical (unpaired) electrons. The number of carbonyl (C=O) groups excluding carboxylic acids is 2. The molecule has 0 fully saturated rings. The van der Waals surface area contributed by atoms with Crippen molar-refractivity contribution < 1.29 is 19.1 Å². The standard InChI is InChI=1S/C32H60O4/c1-5-9-11-13-15-17-19-21-23-25-29(7-3)35-31(33)27-28-32(34)36-30(8-4)26-24-22-20-18-16-14-12-10-6-2/h27-30H,5-26H2,1-4H3. The highest BCUT2D eigenvalue weighted by atomic mass is 16.5. The first kappa shape index (κ1) is 34.7. The van der Waals surface area contributed by atoms with Gasteiger partial charge in [0.2, 0.25) is 0 Å². The number of ether oxygens (including phenoxy) is 2. The SMILES string of the molecule is CCCCCCCCCCCC(CC)OC(=O)C=CC(=O)OC(CC)CCCCCCCCCCC. The van der Waals surface area contributed by atoms with Gasteiger partial charge in [0.1, 0.15) is 12.2 Å². The Hall–Kier alpha value is -1.32. The van der Waals surface area contributed by atoms with Crippen molar-refractivity contribution in [1.82, 2.24) is 0 Å². The molecule has 0 bridgehead atoms. The molecule has 0 saturated heterocycles. The molecule has 0 amide bonds. The highest BCUT2D eigenvalue weighted by Crippen LogP contribution is 2.16. The van der Waals surface area contributed by atoms with E-state index in [9.17, 15) is 9.59 Å². The summed E-state index contributed by atoms with van der Waals surface area (Å²) in [6.07, 6.45) is 28.9. The van der Waals surface area contributed by atoms with E-state index in [0.717, 1.165) is 38.5 Å². The fourth-order valence-corrected chi connectivity index (χ4v) is 4.60. The minimum absolute atomic E-state index is 0.0715. The summed E-state index contributed by atoms with van der Waals surface area (Å²) < 4.78 is 11.1. The molecule has 4 nitrogen and oxygen atoms in total. The maximum absolute atomic E-state index is 12.2. The Balaban J connectivity index is 3.95. The van der Waals surface area contributed by atoms with Gasteiger partial charge in [-0.2, -0.15) is 0 Å². The fraction of sp³-hybridized carbons (Fsp3) is 0.875. The number of rotatable bonds is 26. The monoisotopic (exact) mass is 508 g/mol. The molecule has 0 aliphatic carbocycles. The van der Waals surface area contributed by atoms with Crippen molar-refractivity contribution in [2.24, 2.45) is 0 Å². The molecule has 0 aliphatic rings. The normalized spacial score (nSPS) is 13.1. The molecule has 212 valence electrons. The van der Waals surface area contributed by atoms with Crippen LogP contribution in [-0.4, -0.2) is 24.1 Å². The number of esters is 2. The first-order valence-corrected chi connectivity index (χ1v) is 15.7. The van der Waals surface area contributed by atoms with Crippen LogP contribution in [0.25, 0.3) is 0 Å². The molecule has 2 unspecified atom stereocenters. The van der Waals surface area contributed by atoms with Crippen LogP contribution in [0.4, 0.5) is 0 Å². The molecule has 0 aromatic carbocycles. The van der Waals surface area contributed by atoms with E-state index in [2.05, 4.69) is 13.8 Å².